The molecule has 0 radical (unpaired) electrons. The molecule has 0 fully saturated rings. The molecule has 0 saturated heterocycles. The van der Waals surface area contributed by atoms with E-state index in [2.05, 4.69) is 5.32 Å². The average Bonchev–Trinajstić information content (AvgIpc) is 3.21. The van der Waals surface area contributed by atoms with Crippen LogP contribution < -0.4 is 14.8 Å². The number of carbonyl (C=O) groups excluding carboxylic acids is 1. The lowest BCUT2D eigenvalue weighted by atomic mass is 10.1. The van der Waals surface area contributed by atoms with Crippen LogP contribution in [0.5, 0.6) is 11.5 Å². The van der Waals surface area contributed by atoms with E-state index in [4.69, 9.17) is 25.5 Å². The van der Waals surface area contributed by atoms with Gasteiger partial charge in [-0.2, -0.15) is 0 Å². The number of hydrogen-bond acceptors (Lipinski definition) is 6. The van der Waals surface area contributed by atoms with Gasteiger partial charge in [0.05, 0.1) is 19.1 Å². The zero-order valence-corrected chi connectivity index (χ0v) is 18.6. The van der Waals surface area contributed by atoms with E-state index >= 15 is 0 Å². The summed E-state index contributed by atoms with van der Waals surface area (Å²) in [4.78, 5) is 12.5. The number of halogens is 1. The highest BCUT2D eigenvalue weighted by Gasteiger charge is 2.19. The topological polar surface area (TPSA) is 94.8 Å². The van der Waals surface area contributed by atoms with Gasteiger partial charge in [0.2, 0.25) is 0 Å². The van der Waals surface area contributed by atoms with Gasteiger partial charge >= 0.3 is 0 Å². The van der Waals surface area contributed by atoms with Crippen molar-refractivity contribution >= 4 is 27.3 Å². The first kappa shape index (κ1) is 22.7. The molecule has 164 valence electrons. The van der Waals surface area contributed by atoms with Gasteiger partial charge in [0, 0.05) is 11.6 Å². The van der Waals surface area contributed by atoms with Gasteiger partial charge in [-0.25, -0.2) is 8.42 Å². The average molecular weight is 464 g/mol. The monoisotopic (exact) mass is 463 g/mol. The standard InChI is InChI=1S/C22H22ClNO6S/c1-28-19-9-3-15(13-21(19)29-2)11-12-24-22(25)20-10-6-17(30-20)14-31(26,27)18-7-4-16(23)5-8-18/h3-10,13H,11-12,14H2,1-2H3,(H,24,25). The van der Waals surface area contributed by atoms with Crippen molar-refractivity contribution < 1.29 is 27.1 Å². The molecule has 0 saturated carbocycles. The molecule has 0 spiro atoms. The molecule has 1 amide bonds. The lowest BCUT2D eigenvalue weighted by Crippen LogP contribution is -2.25. The Balaban J connectivity index is 1.57. The zero-order chi connectivity index (χ0) is 22.4. The minimum absolute atomic E-state index is 0.0496. The maximum atomic E-state index is 12.5. The smallest absolute Gasteiger partial charge is 0.287 e. The second-order valence-electron chi connectivity index (χ2n) is 6.67. The van der Waals surface area contributed by atoms with Gasteiger partial charge < -0.3 is 19.2 Å². The van der Waals surface area contributed by atoms with E-state index in [9.17, 15) is 13.2 Å². The van der Waals surface area contributed by atoms with Gasteiger partial charge in [-0.05, 0) is 60.5 Å². The Labute approximate surface area is 185 Å². The van der Waals surface area contributed by atoms with Gasteiger partial charge in [0.15, 0.2) is 27.1 Å². The van der Waals surface area contributed by atoms with E-state index in [1.54, 1.807) is 20.3 Å². The van der Waals surface area contributed by atoms with Crippen LogP contribution in [0.4, 0.5) is 0 Å². The van der Waals surface area contributed by atoms with Crippen LogP contribution in [0.25, 0.3) is 0 Å². The predicted octanol–water partition coefficient (Wildman–Crippen LogP) is 3.90. The van der Waals surface area contributed by atoms with Gasteiger partial charge in [0.25, 0.3) is 5.91 Å². The molecule has 1 heterocycles. The van der Waals surface area contributed by atoms with Crippen LogP contribution in [0.2, 0.25) is 5.02 Å². The molecule has 7 nitrogen and oxygen atoms in total. The van der Waals surface area contributed by atoms with Crippen LogP contribution in [0.3, 0.4) is 0 Å². The largest absolute Gasteiger partial charge is 0.493 e. The van der Waals surface area contributed by atoms with E-state index in [0.29, 0.717) is 29.5 Å². The van der Waals surface area contributed by atoms with Crippen molar-refractivity contribution in [3.63, 3.8) is 0 Å². The van der Waals surface area contributed by atoms with Crippen molar-refractivity contribution in [2.75, 3.05) is 20.8 Å². The number of rotatable bonds is 9. The van der Waals surface area contributed by atoms with E-state index < -0.39 is 15.7 Å². The SMILES string of the molecule is COc1ccc(CCNC(=O)c2ccc(CS(=O)(=O)c3ccc(Cl)cc3)o2)cc1OC. The third kappa shape index (κ3) is 5.80. The lowest BCUT2D eigenvalue weighted by Gasteiger charge is -2.09. The summed E-state index contributed by atoms with van der Waals surface area (Å²) in [5.41, 5.74) is 0.965. The molecule has 0 aliphatic heterocycles. The molecule has 0 unspecified atom stereocenters. The minimum Gasteiger partial charge on any atom is -0.493 e. The lowest BCUT2D eigenvalue weighted by molar-refractivity contribution is 0.0925. The first-order valence-electron chi connectivity index (χ1n) is 9.38. The van der Waals surface area contributed by atoms with E-state index in [-0.39, 0.29) is 22.2 Å². The molecule has 0 aliphatic rings. The molecular weight excluding hydrogens is 442 g/mol. The highest BCUT2D eigenvalue weighted by Crippen LogP contribution is 2.27. The highest BCUT2D eigenvalue weighted by atomic mass is 35.5. The molecule has 0 bridgehead atoms. The van der Waals surface area contributed by atoms with Gasteiger partial charge in [-0.1, -0.05) is 17.7 Å². The number of furan rings is 1. The molecular formula is C22H22ClNO6S. The maximum Gasteiger partial charge on any atom is 0.287 e. The molecule has 2 aromatic carbocycles. The Morgan fingerprint density at radius 2 is 1.71 bits per heavy atom. The Kier molecular flexibility index (Phi) is 7.25. The van der Waals surface area contributed by atoms with Crippen LogP contribution in [-0.4, -0.2) is 35.1 Å². The minimum atomic E-state index is -3.61. The maximum absolute atomic E-state index is 12.5. The van der Waals surface area contributed by atoms with Gasteiger partial charge in [-0.3, -0.25) is 4.79 Å². The van der Waals surface area contributed by atoms with Crippen LogP contribution >= 0.6 is 11.6 Å². The van der Waals surface area contributed by atoms with Crippen molar-refractivity contribution in [3.05, 3.63) is 76.7 Å². The summed E-state index contributed by atoms with van der Waals surface area (Å²) in [5.74, 6) is 0.702. The normalized spacial score (nSPS) is 11.2. The molecule has 1 N–H and O–H groups in total. The number of ether oxygens (including phenoxy) is 2. The fourth-order valence-electron chi connectivity index (χ4n) is 2.93. The Morgan fingerprint density at radius 3 is 2.39 bits per heavy atom. The van der Waals surface area contributed by atoms with Crippen molar-refractivity contribution in [1.82, 2.24) is 5.32 Å². The second kappa shape index (κ2) is 9.89. The third-order valence-corrected chi connectivity index (χ3v) is 6.44. The van der Waals surface area contributed by atoms with Crippen LogP contribution in [0.1, 0.15) is 21.9 Å². The predicted molar refractivity (Wildman–Crippen MR) is 117 cm³/mol. The Bertz CT molecular complexity index is 1150. The first-order chi connectivity index (χ1) is 14.8. The first-order valence-corrected chi connectivity index (χ1v) is 11.4. The number of nitrogens with one attached hydrogen (secondary N) is 1. The summed E-state index contributed by atoms with van der Waals surface area (Å²) in [6.07, 6.45) is 0.574. The van der Waals surface area contributed by atoms with E-state index in [1.807, 2.05) is 12.1 Å². The quantitative estimate of drug-likeness (QED) is 0.517. The second-order valence-corrected chi connectivity index (χ2v) is 9.10. The summed E-state index contributed by atoms with van der Waals surface area (Å²) in [6, 6.07) is 14.4. The van der Waals surface area contributed by atoms with Gasteiger partial charge in [0.1, 0.15) is 11.5 Å². The fourth-order valence-corrected chi connectivity index (χ4v) is 4.31. The van der Waals surface area contributed by atoms with Crippen molar-refractivity contribution in [2.45, 2.75) is 17.1 Å². The van der Waals surface area contributed by atoms with Crippen molar-refractivity contribution in [1.29, 1.82) is 0 Å². The number of sulfone groups is 1. The highest BCUT2D eigenvalue weighted by molar-refractivity contribution is 7.90. The van der Waals surface area contributed by atoms with Crippen molar-refractivity contribution in [2.24, 2.45) is 0 Å². The van der Waals surface area contributed by atoms with Crippen LogP contribution in [0, 0.1) is 0 Å². The molecule has 3 rings (SSSR count). The molecule has 3 aromatic rings. The number of carbonyl (C=O) groups is 1. The summed E-state index contributed by atoms with van der Waals surface area (Å²) >= 11 is 5.80. The Morgan fingerprint density at radius 1 is 1.00 bits per heavy atom. The molecule has 31 heavy (non-hydrogen) atoms. The summed E-state index contributed by atoms with van der Waals surface area (Å²) in [5, 5.41) is 3.21. The summed E-state index contributed by atoms with van der Waals surface area (Å²) < 4.78 is 40.9. The number of amides is 1. The van der Waals surface area contributed by atoms with E-state index in [1.165, 1.54) is 36.4 Å². The summed E-state index contributed by atoms with van der Waals surface area (Å²) in [6.45, 7) is 0.368. The number of methoxy groups -OCH3 is 2. The molecule has 1 aromatic heterocycles. The number of benzene rings is 2. The zero-order valence-electron chi connectivity index (χ0n) is 17.1. The fraction of sp³-hybridized carbons (Fsp3) is 0.227. The third-order valence-electron chi connectivity index (χ3n) is 4.54. The molecule has 0 aliphatic carbocycles. The summed E-state index contributed by atoms with van der Waals surface area (Å²) in [7, 11) is -0.488. The van der Waals surface area contributed by atoms with Crippen molar-refractivity contribution in [3.8, 4) is 11.5 Å². The molecule has 0 atom stereocenters. The van der Waals surface area contributed by atoms with Gasteiger partial charge in [-0.15, -0.1) is 0 Å². The van der Waals surface area contributed by atoms with Crippen LogP contribution in [-0.2, 0) is 22.0 Å². The molecule has 9 heteroatoms. The Hall–Kier alpha value is -2.97. The van der Waals surface area contributed by atoms with E-state index in [0.717, 1.165) is 5.56 Å². The van der Waals surface area contributed by atoms with Crippen LogP contribution in [0.15, 0.2) is 63.9 Å². The number of hydrogen-bond donors (Lipinski definition) is 1.